The lowest BCUT2D eigenvalue weighted by atomic mass is 10.2. The number of benzene rings is 1. The highest BCUT2D eigenvalue weighted by Gasteiger charge is 2.05. The molecule has 1 rings (SSSR count). The van der Waals surface area contributed by atoms with Crippen molar-refractivity contribution in [1.82, 2.24) is 0 Å². The average Bonchev–Trinajstić information content (AvgIpc) is 2.08. The molecule has 0 aliphatic heterocycles. The van der Waals surface area contributed by atoms with Crippen LogP contribution < -0.4 is 0 Å². The standard InChI is InChI=1S/C8H10F2O3Si/c9-6-2-1-5(7(10)3-6)4-14-13-8(11)12/h1-3,8,11-12H,4,14H2. The van der Waals surface area contributed by atoms with Crippen molar-refractivity contribution in [3.63, 3.8) is 0 Å². The summed E-state index contributed by atoms with van der Waals surface area (Å²) >= 11 is 0. The second-order valence-electron chi connectivity index (χ2n) is 2.68. The second-order valence-corrected chi connectivity index (χ2v) is 3.92. The van der Waals surface area contributed by atoms with E-state index in [9.17, 15) is 8.78 Å². The summed E-state index contributed by atoms with van der Waals surface area (Å²) in [4.78, 5) is 0. The van der Waals surface area contributed by atoms with E-state index in [4.69, 9.17) is 10.2 Å². The maximum atomic E-state index is 13.0. The topological polar surface area (TPSA) is 49.7 Å². The monoisotopic (exact) mass is 220 g/mol. The predicted molar refractivity (Wildman–Crippen MR) is 47.9 cm³/mol. The van der Waals surface area contributed by atoms with Crippen LogP contribution in [-0.2, 0) is 10.5 Å². The molecule has 0 atom stereocenters. The lowest BCUT2D eigenvalue weighted by Gasteiger charge is -2.05. The molecule has 0 fully saturated rings. The van der Waals surface area contributed by atoms with E-state index >= 15 is 0 Å². The maximum Gasteiger partial charge on any atom is 0.256 e. The number of aliphatic hydroxyl groups is 2. The predicted octanol–water partition coefficient (Wildman–Crippen LogP) is -0.167. The van der Waals surface area contributed by atoms with Gasteiger partial charge in [-0.1, -0.05) is 6.07 Å². The highest BCUT2D eigenvalue weighted by molar-refractivity contribution is 6.26. The van der Waals surface area contributed by atoms with Crippen molar-refractivity contribution >= 4 is 9.76 Å². The van der Waals surface area contributed by atoms with Crippen LogP contribution in [-0.4, -0.2) is 26.5 Å². The smallest absolute Gasteiger partial charge is 0.256 e. The summed E-state index contributed by atoms with van der Waals surface area (Å²) in [5.41, 5.74) is 0.332. The summed E-state index contributed by atoms with van der Waals surface area (Å²) in [5.74, 6) is -1.26. The molecular formula is C8H10F2O3Si. The van der Waals surface area contributed by atoms with Crippen LogP contribution in [0.2, 0.25) is 0 Å². The molecule has 6 heteroatoms. The molecule has 1 aromatic carbocycles. The fraction of sp³-hybridized carbons (Fsp3) is 0.250. The van der Waals surface area contributed by atoms with E-state index in [1.807, 2.05) is 0 Å². The molecular weight excluding hydrogens is 210 g/mol. The van der Waals surface area contributed by atoms with Crippen LogP contribution in [0.4, 0.5) is 8.78 Å². The Morgan fingerprint density at radius 3 is 2.64 bits per heavy atom. The molecule has 0 heterocycles. The summed E-state index contributed by atoms with van der Waals surface area (Å²) in [5, 5.41) is 16.7. The average molecular weight is 220 g/mol. The molecule has 0 aliphatic rings. The van der Waals surface area contributed by atoms with Crippen molar-refractivity contribution in [3.05, 3.63) is 35.4 Å². The van der Waals surface area contributed by atoms with Crippen molar-refractivity contribution in [2.45, 2.75) is 12.5 Å². The molecule has 1 aromatic rings. The number of halogens is 2. The highest BCUT2D eigenvalue weighted by Crippen LogP contribution is 2.09. The van der Waals surface area contributed by atoms with Crippen LogP contribution in [0.1, 0.15) is 5.56 Å². The third kappa shape index (κ3) is 3.50. The maximum absolute atomic E-state index is 13.0. The summed E-state index contributed by atoms with van der Waals surface area (Å²) in [7, 11) is -1.23. The Hall–Kier alpha value is -0.823. The van der Waals surface area contributed by atoms with Gasteiger partial charge in [0.2, 0.25) is 0 Å². The summed E-state index contributed by atoms with van der Waals surface area (Å²) < 4.78 is 30.0. The quantitative estimate of drug-likeness (QED) is 0.547. The Balaban J connectivity index is 2.51. The fourth-order valence-corrected chi connectivity index (χ4v) is 1.95. The van der Waals surface area contributed by atoms with Crippen LogP contribution in [0.5, 0.6) is 0 Å². The van der Waals surface area contributed by atoms with Crippen LogP contribution in [0, 0.1) is 11.6 Å². The van der Waals surface area contributed by atoms with E-state index in [1.54, 1.807) is 0 Å². The van der Waals surface area contributed by atoms with Crippen molar-refractivity contribution in [2.24, 2.45) is 0 Å². The van der Waals surface area contributed by atoms with Crippen molar-refractivity contribution in [1.29, 1.82) is 0 Å². The molecule has 0 unspecified atom stereocenters. The zero-order valence-corrected chi connectivity index (χ0v) is 8.70. The van der Waals surface area contributed by atoms with Gasteiger partial charge in [0.1, 0.15) is 11.6 Å². The zero-order valence-electron chi connectivity index (χ0n) is 7.28. The second kappa shape index (κ2) is 5.16. The van der Waals surface area contributed by atoms with Gasteiger partial charge in [0.15, 0.2) is 9.76 Å². The van der Waals surface area contributed by atoms with E-state index in [-0.39, 0.29) is 0 Å². The summed E-state index contributed by atoms with van der Waals surface area (Å²) in [6.07, 6.45) is 0. The van der Waals surface area contributed by atoms with Crippen LogP contribution in [0.15, 0.2) is 18.2 Å². The first kappa shape index (κ1) is 11.3. The number of hydrogen-bond donors (Lipinski definition) is 2. The minimum absolute atomic E-state index is 0.295. The molecule has 0 amide bonds. The minimum atomic E-state index is -1.80. The zero-order chi connectivity index (χ0) is 10.6. The number of hydrogen-bond acceptors (Lipinski definition) is 3. The summed E-state index contributed by atoms with van der Waals surface area (Å²) in [6.45, 7) is -1.80. The van der Waals surface area contributed by atoms with Crippen molar-refractivity contribution in [2.75, 3.05) is 0 Å². The molecule has 0 aliphatic carbocycles. The van der Waals surface area contributed by atoms with Gasteiger partial charge < -0.3 is 14.6 Å². The minimum Gasteiger partial charge on any atom is -0.379 e. The third-order valence-electron chi connectivity index (χ3n) is 1.65. The number of aliphatic hydroxyl groups excluding tert-OH is 1. The van der Waals surface area contributed by atoms with Gasteiger partial charge in [-0.15, -0.1) is 0 Å². The SMILES string of the molecule is OC(O)O[SiH2]Cc1ccc(F)cc1F. The van der Waals surface area contributed by atoms with Gasteiger partial charge in [-0.2, -0.15) is 0 Å². The van der Waals surface area contributed by atoms with Crippen LogP contribution in [0.25, 0.3) is 0 Å². The lowest BCUT2D eigenvalue weighted by molar-refractivity contribution is -0.180. The third-order valence-corrected chi connectivity index (χ3v) is 2.93. The van der Waals surface area contributed by atoms with Crippen molar-refractivity contribution < 1.29 is 23.4 Å². The van der Waals surface area contributed by atoms with E-state index in [0.29, 0.717) is 11.6 Å². The molecule has 2 N–H and O–H groups in total. The molecule has 0 aromatic heterocycles. The van der Waals surface area contributed by atoms with Gasteiger partial charge in [0, 0.05) is 6.07 Å². The molecule has 3 nitrogen and oxygen atoms in total. The van der Waals surface area contributed by atoms with Gasteiger partial charge >= 0.3 is 0 Å². The van der Waals surface area contributed by atoms with Crippen LogP contribution >= 0.6 is 0 Å². The molecule has 0 radical (unpaired) electrons. The van der Waals surface area contributed by atoms with E-state index in [0.717, 1.165) is 12.1 Å². The first-order valence-corrected chi connectivity index (χ1v) is 5.59. The molecule has 78 valence electrons. The van der Waals surface area contributed by atoms with Crippen molar-refractivity contribution in [3.8, 4) is 0 Å². The van der Waals surface area contributed by atoms with E-state index in [2.05, 4.69) is 4.43 Å². The Bertz CT molecular complexity index is 307. The molecule has 0 saturated carbocycles. The Labute approximate surface area is 81.9 Å². The Kier molecular flexibility index (Phi) is 4.14. The first-order valence-electron chi connectivity index (χ1n) is 4.01. The van der Waals surface area contributed by atoms with Gasteiger partial charge in [-0.25, -0.2) is 8.78 Å². The molecule has 14 heavy (non-hydrogen) atoms. The highest BCUT2D eigenvalue weighted by atomic mass is 28.2. The Morgan fingerprint density at radius 2 is 2.07 bits per heavy atom. The molecule has 0 spiro atoms. The first-order chi connectivity index (χ1) is 6.59. The molecule has 0 saturated heterocycles. The van der Waals surface area contributed by atoms with Gasteiger partial charge in [0.25, 0.3) is 6.48 Å². The Morgan fingerprint density at radius 1 is 1.36 bits per heavy atom. The van der Waals surface area contributed by atoms with E-state index < -0.39 is 27.9 Å². The van der Waals surface area contributed by atoms with Gasteiger partial charge in [-0.3, -0.25) is 0 Å². The normalized spacial score (nSPS) is 11.8. The van der Waals surface area contributed by atoms with Gasteiger partial charge in [-0.05, 0) is 17.7 Å². The molecule has 0 bridgehead atoms. The van der Waals surface area contributed by atoms with Gasteiger partial charge in [0.05, 0.1) is 0 Å². The van der Waals surface area contributed by atoms with E-state index in [1.165, 1.54) is 6.07 Å². The fourth-order valence-electron chi connectivity index (χ4n) is 0.999. The lowest BCUT2D eigenvalue weighted by Crippen LogP contribution is -2.15. The number of rotatable bonds is 4. The summed E-state index contributed by atoms with van der Waals surface area (Å²) in [6, 6.07) is 3.57. The largest absolute Gasteiger partial charge is 0.379 e. The van der Waals surface area contributed by atoms with Crippen LogP contribution in [0.3, 0.4) is 0 Å².